The van der Waals surface area contributed by atoms with Crippen LogP contribution in [0.5, 0.6) is 0 Å². The number of benzene rings is 1. The molecular formula is C12H15ClN2O3. The molecule has 0 spiro atoms. The molecule has 1 amide bonds. The van der Waals surface area contributed by atoms with E-state index in [9.17, 15) is 9.59 Å². The normalized spacial score (nSPS) is 11.7. The summed E-state index contributed by atoms with van der Waals surface area (Å²) in [5.41, 5.74) is 6.87. The van der Waals surface area contributed by atoms with Gasteiger partial charge in [-0.2, -0.15) is 0 Å². The molecule has 3 N–H and O–H groups in total. The molecular weight excluding hydrogens is 256 g/mol. The molecule has 0 saturated heterocycles. The Morgan fingerprint density at radius 1 is 1.50 bits per heavy atom. The van der Waals surface area contributed by atoms with Gasteiger partial charge in [0.1, 0.15) is 6.04 Å². The van der Waals surface area contributed by atoms with Crippen molar-refractivity contribution < 1.29 is 14.3 Å². The number of carbonyl (C=O) groups is 2. The molecule has 0 saturated carbocycles. The monoisotopic (exact) mass is 270 g/mol. The second kappa shape index (κ2) is 6.26. The fraction of sp³-hybridized carbons (Fsp3) is 0.333. The van der Waals surface area contributed by atoms with Crippen LogP contribution in [0.4, 0.5) is 5.69 Å². The molecule has 1 atom stereocenters. The van der Waals surface area contributed by atoms with E-state index in [1.54, 1.807) is 18.2 Å². The first kappa shape index (κ1) is 14.3. The molecule has 1 rings (SSSR count). The fourth-order valence-electron chi connectivity index (χ4n) is 1.55. The lowest BCUT2D eigenvalue weighted by Crippen LogP contribution is -2.42. The SMILES string of the molecule is COC(=O)C(Cc1cc(N)ccc1Cl)NC(C)=O. The van der Waals surface area contributed by atoms with Gasteiger partial charge in [-0.25, -0.2) is 4.79 Å². The van der Waals surface area contributed by atoms with E-state index >= 15 is 0 Å². The maximum absolute atomic E-state index is 11.5. The van der Waals surface area contributed by atoms with Gasteiger partial charge in [0.15, 0.2) is 0 Å². The summed E-state index contributed by atoms with van der Waals surface area (Å²) < 4.78 is 4.63. The number of esters is 1. The number of nitrogen functional groups attached to an aromatic ring is 1. The fourth-order valence-corrected chi connectivity index (χ4v) is 1.75. The van der Waals surface area contributed by atoms with Crippen LogP contribution in [0.3, 0.4) is 0 Å². The van der Waals surface area contributed by atoms with E-state index in [0.717, 1.165) is 0 Å². The molecule has 98 valence electrons. The van der Waals surface area contributed by atoms with Gasteiger partial charge >= 0.3 is 5.97 Å². The number of hydrogen-bond donors (Lipinski definition) is 2. The Labute approximate surface area is 110 Å². The summed E-state index contributed by atoms with van der Waals surface area (Å²) in [4.78, 5) is 22.6. The van der Waals surface area contributed by atoms with Gasteiger partial charge < -0.3 is 15.8 Å². The molecule has 1 aromatic carbocycles. The average Bonchev–Trinajstić information content (AvgIpc) is 2.31. The molecule has 6 heteroatoms. The van der Waals surface area contributed by atoms with Gasteiger partial charge in [0.25, 0.3) is 0 Å². The Balaban J connectivity index is 2.91. The number of halogens is 1. The maximum atomic E-state index is 11.5. The number of anilines is 1. The van der Waals surface area contributed by atoms with Gasteiger partial charge in [-0.1, -0.05) is 11.6 Å². The molecule has 0 aliphatic carbocycles. The largest absolute Gasteiger partial charge is 0.467 e. The van der Waals surface area contributed by atoms with Gasteiger partial charge in [0.2, 0.25) is 5.91 Å². The van der Waals surface area contributed by atoms with Crippen molar-refractivity contribution in [1.82, 2.24) is 5.32 Å². The summed E-state index contributed by atoms with van der Waals surface area (Å²) in [5, 5.41) is 3.00. The van der Waals surface area contributed by atoms with E-state index < -0.39 is 12.0 Å². The minimum atomic E-state index is -0.771. The van der Waals surface area contributed by atoms with E-state index in [-0.39, 0.29) is 12.3 Å². The molecule has 0 fully saturated rings. The molecule has 0 aromatic heterocycles. The number of rotatable bonds is 4. The summed E-state index contributed by atoms with van der Waals surface area (Å²) in [6.07, 6.45) is 0.232. The lowest BCUT2D eigenvalue weighted by atomic mass is 10.1. The van der Waals surface area contributed by atoms with Crippen LogP contribution >= 0.6 is 11.6 Å². The quantitative estimate of drug-likeness (QED) is 0.635. The van der Waals surface area contributed by atoms with Crippen LogP contribution in [0, 0.1) is 0 Å². The predicted octanol–water partition coefficient (Wildman–Crippen LogP) is 1.14. The van der Waals surface area contributed by atoms with Crippen molar-refractivity contribution in [3.05, 3.63) is 28.8 Å². The van der Waals surface area contributed by atoms with Crippen LogP contribution < -0.4 is 11.1 Å². The predicted molar refractivity (Wildman–Crippen MR) is 69.2 cm³/mol. The van der Waals surface area contributed by atoms with Gasteiger partial charge in [-0.3, -0.25) is 4.79 Å². The summed E-state index contributed by atoms with van der Waals surface area (Å²) in [5.74, 6) is -0.839. The summed E-state index contributed by atoms with van der Waals surface area (Å²) in [6.45, 7) is 1.33. The topological polar surface area (TPSA) is 81.4 Å². The molecule has 0 aliphatic heterocycles. The van der Waals surface area contributed by atoms with E-state index in [1.807, 2.05) is 0 Å². The van der Waals surface area contributed by atoms with Gasteiger partial charge in [-0.15, -0.1) is 0 Å². The Kier molecular flexibility index (Phi) is 4.97. The number of amides is 1. The van der Waals surface area contributed by atoms with Gasteiger partial charge in [0.05, 0.1) is 7.11 Å². The van der Waals surface area contributed by atoms with E-state index in [0.29, 0.717) is 16.3 Å². The van der Waals surface area contributed by atoms with Crippen molar-refractivity contribution in [1.29, 1.82) is 0 Å². The zero-order valence-electron chi connectivity index (χ0n) is 10.2. The highest BCUT2D eigenvalue weighted by Gasteiger charge is 2.21. The second-order valence-electron chi connectivity index (χ2n) is 3.83. The van der Waals surface area contributed by atoms with Crippen LogP contribution in [-0.2, 0) is 20.7 Å². The van der Waals surface area contributed by atoms with E-state index in [1.165, 1.54) is 14.0 Å². The highest BCUT2D eigenvalue weighted by molar-refractivity contribution is 6.31. The maximum Gasteiger partial charge on any atom is 0.328 e. The molecule has 0 aliphatic rings. The highest BCUT2D eigenvalue weighted by atomic mass is 35.5. The second-order valence-corrected chi connectivity index (χ2v) is 4.24. The molecule has 18 heavy (non-hydrogen) atoms. The molecule has 5 nitrogen and oxygen atoms in total. The summed E-state index contributed by atoms with van der Waals surface area (Å²) >= 11 is 6.00. The lowest BCUT2D eigenvalue weighted by Gasteiger charge is -2.16. The van der Waals surface area contributed by atoms with Crippen molar-refractivity contribution in [2.45, 2.75) is 19.4 Å². The first-order valence-electron chi connectivity index (χ1n) is 5.33. The number of methoxy groups -OCH3 is 1. The first-order chi connectivity index (χ1) is 8.43. The zero-order chi connectivity index (χ0) is 13.7. The summed E-state index contributed by atoms with van der Waals surface area (Å²) in [7, 11) is 1.26. The number of nitrogens with two attached hydrogens (primary N) is 1. The first-order valence-corrected chi connectivity index (χ1v) is 5.70. The number of hydrogen-bond acceptors (Lipinski definition) is 4. The Morgan fingerprint density at radius 2 is 2.17 bits per heavy atom. The third-order valence-corrected chi connectivity index (χ3v) is 2.73. The molecule has 1 unspecified atom stereocenters. The van der Waals surface area contributed by atoms with E-state index in [4.69, 9.17) is 17.3 Å². The Morgan fingerprint density at radius 3 is 2.72 bits per heavy atom. The van der Waals surface area contributed by atoms with Crippen LogP contribution in [0.2, 0.25) is 5.02 Å². The molecule has 0 bridgehead atoms. The minimum Gasteiger partial charge on any atom is -0.467 e. The van der Waals surface area contributed by atoms with Crippen molar-refractivity contribution in [3.8, 4) is 0 Å². The smallest absolute Gasteiger partial charge is 0.328 e. The summed E-state index contributed by atoms with van der Waals surface area (Å²) in [6, 6.07) is 4.21. The van der Waals surface area contributed by atoms with Crippen molar-refractivity contribution in [2.24, 2.45) is 0 Å². The molecule has 0 radical (unpaired) electrons. The van der Waals surface area contributed by atoms with Crippen LogP contribution in [-0.4, -0.2) is 25.0 Å². The van der Waals surface area contributed by atoms with Gasteiger partial charge in [-0.05, 0) is 23.8 Å². The van der Waals surface area contributed by atoms with Crippen LogP contribution in [0.25, 0.3) is 0 Å². The van der Waals surface area contributed by atoms with Crippen LogP contribution in [0.15, 0.2) is 18.2 Å². The number of ether oxygens (including phenoxy) is 1. The highest BCUT2D eigenvalue weighted by Crippen LogP contribution is 2.20. The minimum absolute atomic E-state index is 0.232. The Bertz CT molecular complexity index is 463. The number of nitrogens with one attached hydrogen (secondary N) is 1. The molecule has 1 aromatic rings. The Hall–Kier alpha value is -1.75. The molecule has 0 heterocycles. The average molecular weight is 271 g/mol. The third-order valence-electron chi connectivity index (χ3n) is 2.36. The zero-order valence-corrected chi connectivity index (χ0v) is 11.0. The van der Waals surface area contributed by atoms with Crippen molar-refractivity contribution in [3.63, 3.8) is 0 Å². The van der Waals surface area contributed by atoms with E-state index in [2.05, 4.69) is 10.1 Å². The van der Waals surface area contributed by atoms with Crippen LogP contribution in [0.1, 0.15) is 12.5 Å². The lowest BCUT2D eigenvalue weighted by molar-refractivity contribution is -0.144. The standard InChI is InChI=1S/C12H15ClN2O3/c1-7(16)15-11(12(17)18-2)6-8-5-9(14)3-4-10(8)13/h3-5,11H,6,14H2,1-2H3,(H,15,16). The number of carbonyl (C=O) groups excluding carboxylic acids is 2. The third kappa shape index (κ3) is 3.92. The van der Waals surface area contributed by atoms with Gasteiger partial charge in [0, 0.05) is 24.1 Å². The van der Waals surface area contributed by atoms with Crippen molar-refractivity contribution in [2.75, 3.05) is 12.8 Å². The van der Waals surface area contributed by atoms with Crippen molar-refractivity contribution >= 4 is 29.2 Å².